The summed E-state index contributed by atoms with van der Waals surface area (Å²) >= 11 is 0. The minimum atomic E-state index is -0.186. The zero-order valence-corrected chi connectivity index (χ0v) is 11.2. The predicted octanol–water partition coefficient (Wildman–Crippen LogP) is 1.85. The van der Waals surface area contributed by atoms with Crippen molar-refractivity contribution in [1.82, 2.24) is 5.32 Å². The molecule has 0 heterocycles. The third-order valence-electron chi connectivity index (χ3n) is 2.49. The summed E-state index contributed by atoms with van der Waals surface area (Å²) in [6.07, 6.45) is 0.876. The van der Waals surface area contributed by atoms with Crippen molar-refractivity contribution in [2.45, 2.75) is 13.3 Å². The molecule has 1 aromatic rings. The molecular weight excluding hydrogens is 234 g/mol. The number of carbonyl (C=O) groups is 1. The Kier molecular flexibility index (Phi) is 5.30. The van der Waals surface area contributed by atoms with E-state index in [9.17, 15) is 4.79 Å². The van der Waals surface area contributed by atoms with E-state index in [0.717, 1.165) is 6.42 Å². The number of benzene rings is 1. The first-order chi connectivity index (χ1) is 8.67. The van der Waals surface area contributed by atoms with Crippen molar-refractivity contribution in [3.63, 3.8) is 0 Å². The Morgan fingerprint density at radius 3 is 2.11 bits per heavy atom. The van der Waals surface area contributed by atoms with E-state index in [1.165, 1.54) is 21.3 Å². The molecule has 0 radical (unpaired) electrons. The summed E-state index contributed by atoms with van der Waals surface area (Å²) in [4.78, 5) is 12.0. The van der Waals surface area contributed by atoms with Gasteiger partial charge in [-0.25, -0.2) is 0 Å². The van der Waals surface area contributed by atoms with Gasteiger partial charge < -0.3 is 19.5 Å². The largest absolute Gasteiger partial charge is 0.496 e. The molecule has 1 N–H and O–H groups in total. The van der Waals surface area contributed by atoms with Gasteiger partial charge in [-0.05, 0) is 6.42 Å². The lowest BCUT2D eigenvalue weighted by Gasteiger charge is -2.13. The minimum Gasteiger partial charge on any atom is -0.496 e. The van der Waals surface area contributed by atoms with E-state index in [1.807, 2.05) is 6.92 Å². The van der Waals surface area contributed by atoms with Gasteiger partial charge >= 0.3 is 0 Å². The summed E-state index contributed by atoms with van der Waals surface area (Å²) < 4.78 is 15.5. The van der Waals surface area contributed by atoms with Crippen LogP contribution >= 0.6 is 0 Å². The fourth-order valence-electron chi connectivity index (χ4n) is 1.54. The molecule has 0 aromatic heterocycles. The quantitative estimate of drug-likeness (QED) is 0.840. The number of methoxy groups -OCH3 is 3. The normalized spacial score (nSPS) is 9.78. The van der Waals surface area contributed by atoms with Crippen LogP contribution < -0.4 is 19.5 Å². The number of hydrogen-bond acceptors (Lipinski definition) is 4. The van der Waals surface area contributed by atoms with E-state index in [-0.39, 0.29) is 5.91 Å². The first kappa shape index (κ1) is 14.2. The highest BCUT2D eigenvalue weighted by molar-refractivity contribution is 5.97. The van der Waals surface area contributed by atoms with E-state index < -0.39 is 0 Å². The molecule has 0 aliphatic heterocycles. The number of carbonyl (C=O) groups excluding carboxylic acids is 1. The maximum absolute atomic E-state index is 12.0. The zero-order chi connectivity index (χ0) is 13.5. The van der Waals surface area contributed by atoms with Gasteiger partial charge in [0.1, 0.15) is 5.75 Å². The van der Waals surface area contributed by atoms with Crippen LogP contribution in [0.25, 0.3) is 0 Å². The minimum absolute atomic E-state index is 0.186. The molecule has 0 saturated carbocycles. The second kappa shape index (κ2) is 6.74. The molecule has 0 saturated heterocycles. The second-order valence-electron chi connectivity index (χ2n) is 3.66. The number of amides is 1. The van der Waals surface area contributed by atoms with Crippen molar-refractivity contribution in [2.75, 3.05) is 27.9 Å². The van der Waals surface area contributed by atoms with Gasteiger partial charge in [0.15, 0.2) is 11.5 Å². The first-order valence-electron chi connectivity index (χ1n) is 5.76. The van der Waals surface area contributed by atoms with Gasteiger partial charge in [0, 0.05) is 18.7 Å². The predicted molar refractivity (Wildman–Crippen MR) is 68.7 cm³/mol. The van der Waals surface area contributed by atoms with Gasteiger partial charge in [0.05, 0.1) is 26.9 Å². The molecule has 1 rings (SSSR count). The van der Waals surface area contributed by atoms with Gasteiger partial charge in [-0.15, -0.1) is 0 Å². The van der Waals surface area contributed by atoms with E-state index in [0.29, 0.717) is 29.4 Å². The fourth-order valence-corrected chi connectivity index (χ4v) is 1.54. The smallest absolute Gasteiger partial charge is 0.255 e. The van der Waals surface area contributed by atoms with Crippen LogP contribution in [0.1, 0.15) is 23.7 Å². The summed E-state index contributed by atoms with van der Waals surface area (Å²) in [7, 11) is 4.57. The Labute approximate surface area is 107 Å². The third-order valence-corrected chi connectivity index (χ3v) is 2.49. The highest BCUT2D eigenvalue weighted by Crippen LogP contribution is 2.34. The van der Waals surface area contributed by atoms with E-state index in [2.05, 4.69) is 5.32 Å². The molecule has 18 heavy (non-hydrogen) atoms. The summed E-state index contributed by atoms with van der Waals surface area (Å²) in [5.41, 5.74) is 0.434. The molecule has 0 aliphatic carbocycles. The van der Waals surface area contributed by atoms with Crippen molar-refractivity contribution in [1.29, 1.82) is 0 Å². The highest BCUT2D eigenvalue weighted by atomic mass is 16.5. The molecule has 5 nitrogen and oxygen atoms in total. The summed E-state index contributed by atoms with van der Waals surface area (Å²) in [5, 5.41) is 2.80. The van der Waals surface area contributed by atoms with Gasteiger partial charge in [-0.3, -0.25) is 4.79 Å². The Morgan fingerprint density at radius 2 is 1.61 bits per heavy atom. The van der Waals surface area contributed by atoms with Crippen molar-refractivity contribution < 1.29 is 19.0 Å². The standard InChI is InChI=1S/C13H19NO4/c1-5-6-14-13(15)9-7-11(17-3)12(18-4)8-10(9)16-2/h7-8H,5-6H2,1-4H3,(H,14,15). The zero-order valence-electron chi connectivity index (χ0n) is 11.2. The molecule has 100 valence electrons. The van der Waals surface area contributed by atoms with Crippen LogP contribution in [0.4, 0.5) is 0 Å². The van der Waals surface area contributed by atoms with Gasteiger partial charge in [0.25, 0.3) is 5.91 Å². The molecule has 0 spiro atoms. The van der Waals surface area contributed by atoms with Crippen LogP contribution in [0.15, 0.2) is 12.1 Å². The second-order valence-corrected chi connectivity index (χ2v) is 3.66. The number of rotatable bonds is 6. The summed E-state index contributed by atoms with van der Waals surface area (Å²) in [5.74, 6) is 1.30. The van der Waals surface area contributed by atoms with Crippen LogP contribution in [0.5, 0.6) is 17.2 Å². The van der Waals surface area contributed by atoms with Gasteiger partial charge in [-0.2, -0.15) is 0 Å². The highest BCUT2D eigenvalue weighted by Gasteiger charge is 2.17. The average Bonchev–Trinajstić information content (AvgIpc) is 2.42. The van der Waals surface area contributed by atoms with E-state index >= 15 is 0 Å². The van der Waals surface area contributed by atoms with Crippen LogP contribution in [0.2, 0.25) is 0 Å². The fraction of sp³-hybridized carbons (Fsp3) is 0.462. The monoisotopic (exact) mass is 253 g/mol. The van der Waals surface area contributed by atoms with Crippen molar-refractivity contribution in [3.8, 4) is 17.2 Å². The van der Waals surface area contributed by atoms with Crippen LogP contribution in [0.3, 0.4) is 0 Å². The number of hydrogen-bond donors (Lipinski definition) is 1. The van der Waals surface area contributed by atoms with Crippen molar-refractivity contribution in [3.05, 3.63) is 17.7 Å². The maximum atomic E-state index is 12.0. The van der Waals surface area contributed by atoms with Gasteiger partial charge in [0.2, 0.25) is 0 Å². The number of nitrogens with one attached hydrogen (secondary N) is 1. The molecule has 1 aromatic carbocycles. The van der Waals surface area contributed by atoms with Crippen LogP contribution in [-0.2, 0) is 0 Å². The summed E-state index contributed by atoms with van der Waals surface area (Å²) in [6.45, 7) is 2.61. The Morgan fingerprint density at radius 1 is 1.06 bits per heavy atom. The molecule has 0 unspecified atom stereocenters. The lowest BCUT2D eigenvalue weighted by Crippen LogP contribution is -2.24. The maximum Gasteiger partial charge on any atom is 0.255 e. The Hall–Kier alpha value is -1.91. The number of ether oxygens (including phenoxy) is 3. The molecule has 0 bridgehead atoms. The summed E-state index contributed by atoms with van der Waals surface area (Å²) in [6, 6.07) is 3.25. The third kappa shape index (κ3) is 3.06. The average molecular weight is 253 g/mol. The van der Waals surface area contributed by atoms with Gasteiger partial charge in [-0.1, -0.05) is 6.92 Å². The first-order valence-corrected chi connectivity index (χ1v) is 5.76. The molecule has 5 heteroatoms. The molecule has 0 aliphatic rings. The topological polar surface area (TPSA) is 56.8 Å². The molecular formula is C13H19NO4. The van der Waals surface area contributed by atoms with Crippen LogP contribution in [-0.4, -0.2) is 33.8 Å². The van der Waals surface area contributed by atoms with Crippen LogP contribution in [0, 0.1) is 0 Å². The van der Waals surface area contributed by atoms with E-state index in [1.54, 1.807) is 12.1 Å². The lowest BCUT2D eigenvalue weighted by atomic mass is 10.1. The SMILES string of the molecule is CCCNC(=O)c1cc(OC)c(OC)cc1OC. The molecule has 0 fully saturated rings. The Bertz CT molecular complexity index is 418. The van der Waals surface area contributed by atoms with Crippen molar-refractivity contribution in [2.24, 2.45) is 0 Å². The molecule has 1 amide bonds. The Balaban J connectivity index is 3.12. The van der Waals surface area contributed by atoms with Crippen molar-refractivity contribution >= 4 is 5.91 Å². The molecule has 0 atom stereocenters. The lowest BCUT2D eigenvalue weighted by molar-refractivity contribution is 0.0950. The van der Waals surface area contributed by atoms with E-state index in [4.69, 9.17) is 14.2 Å².